The summed E-state index contributed by atoms with van der Waals surface area (Å²) >= 11 is 1.53. The minimum absolute atomic E-state index is 0.0178. The number of methoxy groups -OCH3 is 1. The maximum absolute atomic E-state index is 12.7. The molecule has 7 heteroatoms. The Bertz CT molecular complexity index is 572. The van der Waals surface area contributed by atoms with Crippen molar-refractivity contribution < 1.29 is 19.1 Å². The number of carbonyl (C=O) groups excluding carboxylic acids is 2. The van der Waals surface area contributed by atoms with Crippen molar-refractivity contribution in [2.45, 2.75) is 37.8 Å². The molecule has 1 atom stereocenters. The van der Waals surface area contributed by atoms with Gasteiger partial charge in [-0.1, -0.05) is 0 Å². The highest BCUT2D eigenvalue weighted by Crippen LogP contribution is 2.25. The van der Waals surface area contributed by atoms with E-state index in [2.05, 4.69) is 0 Å². The first-order valence-corrected chi connectivity index (χ1v) is 9.84. The largest absolute Gasteiger partial charge is 0.381 e. The number of piperidine rings is 1. The average Bonchev–Trinajstić information content (AvgIpc) is 3.17. The number of ether oxygens (including phenoxy) is 2. The molecule has 0 bridgehead atoms. The summed E-state index contributed by atoms with van der Waals surface area (Å²) in [6, 6.07) is 2.10. The molecule has 2 fully saturated rings. The third kappa shape index (κ3) is 4.40. The van der Waals surface area contributed by atoms with E-state index < -0.39 is 0 Å². The standard InChI is InChI=1S/C18H26N2O4S/c1-23-12-17(21)20(15-4-8-24-9-5-15)16-3-2-7-19(11-16)18(22)14-6-10-25-13-14/h6,10,13,15-16H,2-5,7-9,11-12H2,1H3. The highest BCUT2D eigenvalue weighted by Gasteiger charge is 2.35. The quantitative estimate of drug-likeness (QED) is 0.800. The molecule has 0 aromatic carbocycles. The van der Waals surface area contributed by atoms with Gasteiger partial charge in [0.05, 0.1) is 5.56 Å². The Kier molecular flexibility index (Phi) is 6.45. The van der Waals surface area contributed by atoms with Crippen molar-refractivity contribution in [1.82, 2.24) is 9.80 Å². The van der Waals surface area contributed by atoms with E-state index in [-0.39, 0.29) is 30.5 Å². The smallest absolute Gasteiger partial charge is 0.254 e. The molecule has 0 radical (unpaired) electrons. The number of carbonyl (C=O) groups is 2. The van der Waals surface area contributed by atoms with E-state index in [0.717, 1.165) is 37.8 Å². The maximum atomic E-state index is 12.7. The fourth-order valence-corrected chi connectivity index (χ4v) is 4.43. The van der Waals surface area contributed by atoms with Crippen LogP contribution in [0.2, 0.25) is 0 Å². The van der Waals surface area contributed by atoms with E-state index in [1.165, 1.54) is 11.3 Å². The molecule has 1 aromatic heterocycles. The van der Waals surface area contributed by atoms with E-state index in [0.29, 0.717) is 19.8 Å². The molecule has 0 spiro atoms. The van der Waals surface area contributed by atoms with Crippen LogP contribution in [0.4, 0.5) is 0 Å². The molecule has 1 unspecified atom stereocenters. The molecule has 2 aliphatic rings. The van der Waals surface area contributed by atoms with Crippen LogP contribution in [0.3, 0.4) is 0 Å². The lowest BCUT2D eigenvalue weighted by Gasteiger charge is -2.44. The highest BCUT2D eigenvalue weighted by molar-refractivity contribution is 7.08. The van der Waals surface area contributed by atoms with Crippen molar-refractivity contribution in [3.05, 3.63) is 22.4 Å². The summed E-state index contributed by atoms with van der Waals surface area (Å²) in [5, 5.41) is 3.81. The Labute approximate surface area is 152 Å². The average molecular weight is 366 g/mol. The fraction of sp³-hybridized carbons (Fsp3) is 0.667. The number of hydrogen-bond acceptors (Lipinski definition) is 5. The van der Waals surface area contributed by atoms with Crippen molar-refractivity contribution >= 4 is 23.2 Å². The highest BCUT2D eigenvalue weighted by atomic mass is 32.1. The molecule has 0 N–H and O–H groups in total. The van der Waals surface area contributed by atoms with Crippen molar-refractivity contribution in [3.8, 4) is 0 Å². The first-order chi connectivity index (χ1) is 12.2. The number of rotatable bonds is 5. The molecule has 3 heterocycles. The Morgan fingerprint density at radius 2 is 2.12 bits per heavy atom. The van der Waals surface area contributed by atoms with E-state index >= 15 is 0 Å². The van der Waals surface area contributed by atoms with Gasteiger partial charge in [-0.3, -0.25) is 9.59 Å². The molecule has 0 saturated carbocycles. The summed E-state index contributed by atoms with van der Waals surface area (Å²) in [7, 11) is 1.55. The third-order valence-electron chi connectivity index (χ3n) is 4.99. The molecule has 3 rings (SSSR count). The monoisotopic (exact) mass is 366 g/mol. The Balaban J connectivity index is 1.72. The Morgan fingerprint density at radius 3 is 2.80 bits per heavy atom. The fourth-order valence-electron chi connectivity index (χ4n) is 3.80. The van der Waals surface area contributed by atoms with Crippen LogP contribution in [0.25, 0.3) is 0 Å². The summed E-state index contributed by atoms with van der Waals surface area (Å²) < 4.78 is 10.6. The number of likely N-dealkylation sites (tertiary alicyclic amines) is 1. The first-order valence-electron chi connectivity index (χ1n) is 8.90. The molecule has 0 aliphatic carbocycles. The van der Waals surface area contributed by atoms with E-state index in [1.54, 1.807) is 7.11 Å². The van der Waals surface area contributed by atoms with Crippen LogP contribution < -0.4 is 0 Å². The number of nitrogens with zero attached hydrogens (tertiary/aromatic N) is 2. The molecular formula is C18H26N2O4S. The zero-order valence-electron chi connectivity index (χ0n) is 14.7. The lowest BCUT2D eigenvalue weighted by atomic mass is 9.98. The summed E-state index contributed by atoms with van der Waals surface area (Å²) in [6.45, 7) is 2.82. The van der Waals surface area contributed by atoms with Crippen molar-refractivity contribution in [1.29, 1.82) is 0 Å². The van der Waals surface area contributed by atoms with Gasteiger partial charge in [-0.2, -0.15) is 11.3 Å². The van der Waals surface area contributed by atoms with Crippen LogP contribution in [-0.2, 0) is 14.3 Å². The summed E-state index contributed by atoms with van der Waals surface area (Å²) in [5.41, 5.74) is 0.742. The topological polar surface area (TPSA) is 59.1 Å². The molecule has 6 nitrogen and oxygen atoms in total. The molecule has 2 saturated heterocycles. The van der Waals surface area contributed by atoms with Crippen molar-refractivity contribution in [3.63, 3.8) is 0 Å². The van der Waals surface area contributed by atoms with Crippen molar-refractivity contribution in [2.75, 3.05) is 40.0 Å². The van der Waals surface area contributed by atoms with Gasteiger partial charge in [-0.05, 0) is 37.1 Å². The minimum atomic E-state index is 0.0178. The van der Waals surface area contributed by atoms with Gasteiger partial charge in [0.2, 0.25) is 5.91 Å². The van der Waals surface area contributed by atoms with Crippen LogP contribution in [0.1, 0.15) is 36.0 Å². The van der Waals surface area contributed by atoms with Crippen LogP contribution in [0, 0.1) is 0 Å². The molecule has 1 aromatic rings. The molecule has 2 aliphatic heterocycles. The van der Waals surface area contributed by atoms with Gasteiger partial charge in [0.1, 0.15) is 6.61 Å². The van der Waals surface area contributed by atoms with Crippen LogP contribution in [0.5, 0.6) is 0 Å². The Morgan fingerprint density at radius 1 is 1.32 bits per heavy atom. The van der Waals surface area contributed by atoms with Gasteiger partial charge in [0, 0.05) is 50.9 Å². The maximum Gasteiger partial charge on any atom is 0.254 e. The van der Waals surface area contributed by atoms with Gasteiger partial charge < -0.3 is 19.3 Å². The zero-order chi connectivity index (χ0) is 17.6. The van der Waals surface area contributed by atoms with Gasteiger partial charge in [-0.15, -0.1) is 0 Å². The Hall–Kier alpha value is -1.44. The molecule has 25 heavy (non-hydrogen) atoms. The van der Waals surface area contributed by atoms with E-state index in [1.807, 2.05) is 26.6 Å². The summed E-state index contributed by atoms with van der Waals surface area (Å²) in [6.07, 6.45) is 3.55. The number of amides is 2. The van der Waals surface area contributed by atoms with Gasteiger partial charge in [0.15, 0.2) is 0 Å². The molecule has 2 amide bonds. The number of hydrogen-bond donors (Lipinski definition) is 0. The van der Waals surface area contributed by atoms with Crippen LogP contribution >= 0.6 is 11.3 Å². The normalized spacial score (nSPS) is 22.0. The molecular weight excluding hydrogens is 340 g/mol. The predicted octanol–water partition coefficient (Wildman–Crippen LogP) is 2.01. The second-order valence-corrected chi connectivity index (χ2v) is 7.42. The third-order valence-corrected chi connectivity index (χ3v) is 5.67. The first kappa shape index (κ1) is 18.4. The predicted molar refractivity (Wildman–Crippen MR) is 95.8 cm³/mol. The van der Waals surface area contributed by atoms with E-state index in [9.17, 15) is 9.59 Å². The lowest BCUT2D eigenvalue weighted by molar-refractivity contribution is -0.143. The summed E-state index contributed by atoms with van der Waals surface area (Å²) in [4.78, 5) is 29.3. The van der Waals surface area contributed by atoms with Gasteiger partial charge >= 0.3 is 0 Å². The van der Waals surface area contributed by atoms with Gasteiger partial charge in [-0.25, -0.2) is 0 Å². The summed E-state index contributed by atoms with van der Waals surface area (Å²) in [5.74, 6) is 0.0845. The van der Waals surface area contributed by atoms with Crippen molar-refractivity contribution in [2.24, 2.45) is 0 Å². The van der Waals surface area contributed by atoms with Crippen LogP contribution in [-0.4, -0.2) is 73.7 Å². The molecule has 138 valence electrons. The second-order valence-electron chi connectivity index (χ2n) is 6.64. The zero-order valence-corrected chi connectivity index (χ0v) is 15.5. The van der Waals surface area contributed by atoms with E-state index in [4.69, 9.17) is 9.47 Å². The lowest BCUT2D eigenvalue weighted by Crippen LogP contribution is -2.56. The second kappa shape index (κ2) is 8.78. The van der Waals surface area contributed by atoms with Crippen LogP contribution in [0.15, 0.2) is 16.8 Å². The minimum Gasteiger partial charge on any atom is -0.381 e. The number of thiophene rings is 1. The van der Waals surface area contributed by atoms with Gasteiger partial charge in [0.25, 0.3) is 5.91 Å². The SMILES string of the molecule is COCC(=O)N(C1CCOCC1)C1CCCN(C(=O)c2ccsc2)C1.